The highest BCUT2D eigenvalue weighted by Crippen LogP contribution is 2.32. The number of amides is 1. The number of fused-ring (bicyclic) bond motifs is 1. The number of benzene rings is 3. The van der Waals surface area contributed by atoms with Gasteiger partial charge in [0.15, 0.2) is 0 Å². The first-order valence-electron chi connectivity index (χ1n) is 10.7. The second-order valence-corrected chi connectivity index (χ2v) is 7.71. The zero-order valence-electron chi connectivity index (χ0n) is 19.0. The SMILES string of the molecule is Cl.N#Cc1cc(C(=CC=CC(=O)Nc2cccc3cnccc23)c2ccc(C(F)(F)F)cc2)ccc1F. The first-order valence-corrected chi connectivity index (χ1v) is 10.7. The number of pyridine rings is 1. The third-order valence-electron chi connectivity index (χ3n) is 5.37. The molecule has 4 aromatic rings. The summed E-state index contributed by atoms with van der Waals surface area (Å²) in [5, 5.41) is 13.6. The lowest BCUT2D eigenvalue weighted by Gasteiger charge is -2.11. The van der Waals surface area contributed by atoms with Crippen LogP contribution in [0.15, 0.2) is 97.4 Å². The molecular formula is C28H18ClF4N3O. The number of allylic oxidation sites excluding steroid dienone is 2. The van der Waals surface area contributed by atoms with Gasteiger partial charge >= 0.3 is 6.18 Å². The van der Waals surface area contributed by atoms with Crippen LogP contribution in [0, 0.1) is 17.1 Å². The van der Waals surface area contributed by atoms with Crippen molar-refractivity contribution in [2.24, 2.45) is 0 Å². The van der Waals surface area contributed by atoms with Gasteiger partial charge in [-0.2, -0.15) is 18.4 Å². The lowest BCUT2D eigenvalue weighted by atomic mass is 9.95. The Balaban J connectivity index is 0.00000380. The Bertz CT molecular complexity index is 1530. The Kier molecular flexibility index (Phi) is 8.43. The molecule has 4 nitrogen and oxygen atoms in total. The number of hydrogen-bond donors (Lipinski definition) is 1. The van der Waals surface area contributed by atoms with E-state index in [-0.39, 0.29) is 18.0 Å². The van der Waals surface area contributed by atoms with E-state index < -0.39 is 23.5 Å². The molecule has 0 fully saturated rings. The minimum Gasteiger partial charge on any atom is -0.322 e. The molecule has 0 aliphatic rings. The van der Waals surface area contributed by atoms with Crippen LogP contribution in [-0.4, -0.2) is 10.9 Å². The lowest BCUT2D eigenvalue weighted by molar-refractivity contribution is -0.137. The average Bonchev–Trinajstić information content (AvgIpc) is 2.87. The van der Waals surface area contributed by atoms with Gasteiger partial charge in [-0.15, -0.1) is 12.4 Å². The molecule has 0 bridgehead atoms. The van der Waals surface area contributed by atoms with Crippen LogP contribution in [0.4, 0.5) is 23.2 Å². The molecule has 9 heteroatoms. The first-order chi connectivity index (χ1) is 17.3. The molecule has 1 amide bonds. The minimum absolute atomic E-state index is 0. The summed E-state index contributed by atoms with van der Waals surface area (Å²) >= 11 is 0. The molecule has 186 valence electrons. The van der Waals surface area contributed by atoms with Crippen LogP contribution in [0.3, 0.4) is 0 Å². The summed E-state index contributed by atoms with van der Waals surface area (Å²) in [6, 6.07) is 17.2. The molecule has 0 spiro atoms. The number of hydrogen-bond acceptors (Lipinski definition) is 3. The zero-order chi connectivity index (χ0) is 25.7. The fraction of sp³-hybridized carbons (Fsp3) is 0.0357. The Morgan fingerprint density at radius 3 is 2.43 bits per heavy atom. The standard InChI is InChI=1S/C28H17F4N3O.ClH/c29-25-12-9-19(15-21(25)16-33)23(18-7-10-22(11-8-18)28(30,31)32)4-2-6-27(36)35-26-5-1-3-20-17-34-14-13-24(20)26;/h1-15,17H,(H,35,36);1H. The molecule has 0 aliphatic carbocycles. The summed E-state index contributed by atoms with van der Waals surface area (Å²) in [5.41, 5.74) is 0.763. The molecule has 0 unspecified atom stereocenters. The van der Waals surface area contributed by atoms with Gasteiger partial charge in [0.25, 0.3) is 0 Å². The summed E-state index contributed by atoms with van der Waals surface area (Å²) in [5.74, 6) is -1.15. The van der Waals surface area contributed by atoms with Crippen LogP contribution in [-0.2, 0) is 11.0 Å². The number of carbonyl (C=O) groups excluding carboxylic acids is 1. The molecule has 0 atom stereocenters. The smallest absolute Gasteiger partial charge is 0.322 e. The van der Waals surface area contributed by atoms with Crippen LogP contribution in [0.2, 0.25) is 0 Å². The van der Waals surface area contributed by atoms with Gasteiger partial charge < -0.3 is 5.32 Å². The van der Waals surface area contributed by atoms with Crippen LogP contribution in [0.25, 0.3) is 16.3 Å². The van der Waals surface area contributed by atoms with Gasteiger partial charge in [-0.3, -0.25) is 9.78 Å². The highest BCUT2D eigenvalue weighted by atomic mass is 35.5. The van der Waals surface area contributed by atoms with Gasteiger partial charge in [0.05, 0.1) is 11.1 Å². The summed E-state index contributed by atoms with van der Waals surface area (Å²) in [7, 11) is 0. The van der Waals surface area contributed by atoms with Crippen molar-refractivity contribution >= 4 is 40.3 Å². The van der Waals surface area contributed by atoms with E-state index >= 15 is 0 Å². The van der Waals surface area contributed by atoms with Gasteiger partial charge in [-0.25, -0.2) is 4.39 Å². The lowest BCUT2D eigenvalue weighted by Crippen LogP contribution is -2.08. The average molecular weight is 524 g/mol. The maximum absolute atomic E-state index is 13.9. The Morgan fingerprint density at radius 1 is 1.00 bits per heavy atom. The van der Waals surface area contributed by atoms with Crippen molar-refractivity contribution in [3.8, 4) is 6.07 Å². The van der Waals surface area contributed by atoms with Gasteiger partial charge in [0, 0.05) is 34.9 Å². The number of anilines is 1. The molecule has 0 saturated heterocycles. The van der Waals surface area contributed by atoms with E-state index in [4.69, 9.17) is 0 Å². The van der Waals surface area contributed by atoms with Crippen molar-refractivity contribution in [1.29, 1.82) is 5.26 Å². The van der Waals surface area contributed by atoms with Crippen LogP contribution < -0.4 is 5.32 Å². The van der Waals surface area contributed by atoms with Crippen LogP contribution in [0.5, 0.6) is 0 Å². The van der Waals surface area contributed by atoms with Crippen molar-refractivity contribution in [3.05, 3.63) is 125 Å². The van der Waals surface area contributed by atoms with E-state index in [1.54, 1.807) is 36.7 Å². The molecule has 4 rings (SSSR count). The van der Waals surface area contributed by atoms with E-state index in [1.165, 1.54) is 42.5 Å². The predicted octanol–water partition coefficient (Wildman–Crippen LogP) is 7.31. The molecule has 3 aromatic carbocycles. The summed E-state index contributed by atoms with van der Waals surface area (Å²) < 4.78 is 52.9. The monoisotopic (exact) mass is 523 g/mol. The number of nitriles is 1. The van der Waals surface area contributed by atoms with E-state index in [1.807, 2.05) is 6.07 Å². The number of carbonyl (C=O) groups is 1. The van der Waals surface area contributed by atoms with E-state index in [0.717, 1.165) is 29.0 Å². The number of alkyl halides is 3. The predicted molar refractivity (Wildman–Crippen MR) is 136 cm³/mol. The molecule has 1 aromatic heterocycles. The molecule has 1 N–H and O–H groups in total. The highest BCUT2D eigenvalue weighted by molar-refractivity contribution is 6.06. The van der Waals surface area contributed by atoms with Crippen molar-refractivity contribution in [2.75, 3.05) is 5.32 Å². The van der Waals surface area contributed by atoms with E-state index in [0.29, 0.717) is 22.4 Å². The number of halogens is 5. The van der Waals surface area contributed by atoms with Crippen molar-refractivity contribution < 1.29 is 22.4 Å². The van der Waals surface area contributed by atoms with Gasteiger partial charge in [0.2, 0.25) is 5.91 Å². The number of aromatic nitrogens is 1. The van der Waals surface area contributed by atoms with Gasteiger partial charge in [-0.05, 0) is 53.1 Å². The normalized spacial score (nSPS) is 11.7. The third kappa shape index (κ3) is 6.40. The second kappa shape index (κ2) is 11.5. The number of rotatable bonds is 5. The van der Waals surface area contributed by atoms with E-state index in [9.17, 15) is 27.6 Å². The maximum atomic E-state index is 13.9. The second-order valence-electron chi connectivity index (χ2n) is 7.71. The quantitative estimate of drug-likeness (QED) is 0.169. The summed E-state index contributed by atoms with van der Waals surface area (Å²) in [6.07, 6.45) is 3.01. The maximum Gasteiger partial charge on any atom is 0.416 e. The Hall–Kier alpha value is -4.48. The van der Waals surface area contributed by atoms with Crippen LogP contribution >= 0.6 is 12.4 Å². The molecule has 0 saturated carbocycles. The Labute approximate surface area is 216 Å². The van der Waals surface area contributed by atoms with Crippen molar-refractivity contribution in [3.63, 3.8) is 0 Å². The molecule has 1 heterocycles. The summed E-state index contributed by atoms with van der Waals surface area (Å²) in [4.78, 5) is 16.6. The fourth-order valence-corrected chi connectivity index (χ4v) is 3.61. The van der Waals surface area contributed by atoms with E-state index in [2.05, 4.69) is 10.3 Å². The van der Waals surface area contributed by atoms with Crippen LogP contribution in [0.1, 0.15) is 22.3 Å². The summed E-state index contributed by atoms with van der Waals surface area (Å²) in [6.45, 7) is 0. The highest BCUT2D eigenvalue weighted by Gasteiger charge is 2.30. The molecule has 0 radical (unpaired) electrons. The molecule has 0 aliphatic heterocycles. The zero-order valence-corrected chi connectivity index (χ0v) is 19.8. The third-order valence-corrected chi connectivity index (χ3v) is 5.37. The Morgan fingerprint density at radius 2 is 1.73 bits per heavy atom. The minimum atomic E-state index is -4.50. The molecule has 37 heavy (non-hydrogen) atoms. The largest absolute Gasteiger partial charge is 0.416 e. The fourth-order valence-electron chi connectivity index (χ4n) is 3.61. The van der Waals surface area contributed by atoms with Gasteiger partial charge in [0.1, 0.15) is 11.9 Å². The first kappa shape index (κ1) is 27.1. The topological polar surface area (TPSA) is 65.8 Å². The van der Waals surface area contributed by atoms with Crippen molar-refractivity contribution in [1.82, 2.24) is 4.98 Å². The van der Waals surface area contributed by atoms with Crippen molar-refractivity contribution in [2.45, 2.75) is 6.18 Å². The number of nitrogens with zero attached hydrogens (tertiary/aromatic N) is 2. The molecular weight excluding hydrogens is 506 g/mol. The number of nitrogens with one attached hydrogen (secondary N) is 1. The van der Waals surface area contributed by atoms with Gasteiger partial charge in [-0.1, -0.05) is 42.5 Å².